The van der Waals surface area contributed by atoms with Crippen molar-refractivity contribution in [2.75, 3.05) is 32.7 Å². The van der Waals surface area contributed by atoms with Gasteiger partial charge in [-0.15, -0.1) is 0 Å². The van der Waals surface area contributed by atoms with Crippen molar-refractivity contribution in [3.63, 3.8) is 0 Å². The fourth-order valence-electron chi connectivity index (χ4n) is 2.32. The molecule has 0 atom stereocenters. The van der Waals surface area contributed by atoms with Gasteiger partial charge in [-0.3, -0.25) is 0 Å². The summed E-state index contributed by atoms with van der Waals surface area (Å²) < 4.78 is 0. The highest BCUT2D eigenvalue weighted by atomic mass is 35.5. The third-order valence-electron chi connectivity index (χ3n) is 3.39. The quantitative estimate of drug-likeness (QED) is 0.808. The third-order valence-corrected chi connectivity index (χ3v) is 3.98. The molecule has 1 aromatic carbocycles. The van der Waals surface area contributed by atoms with Crippen LogP contribution in [-0.2, 0) is 6.42 Å². The molecule has 1 aliphatic rings. The van der Waals surface area contributed by atoms with Gasteiger partial charge in [0.2, 0.25) is 0 Å². The van der Waals surface area contributed by atoms with Crippen LogP contribution in [0.1, 0.15) is 18.4 Å². The molecular weight excluding hydrogens is 267 g/mol. The zero-order chi connectivity index (χ0) is 12.8. The largest absolute Gasteiger partial charge is 0.315 e. The van der Waals surface area contributed by atoms with E-state index in [9.17, 15) is 0 Å². The average molecular weight is 287 g/mol. The highest BCUT2D eigenvalue weighted by molar-refractivity contribution is 6.35. The molecule has 0 radical (unpaired) electrons. The summed E-state index contributed by atoms with van der Waals surface area (Å²) >= 11 is 12.0. The van der Waals surface area contributed by atoms with E-state index < -0.39 is 0 Å². The van der Waals surface area contributed by atoms with E-state index in [-0.39, 0.29) is 0 Å². The normalized spacial score (nSPS) is 16.3. The SMILES string of the molecule is Clc1ccc(CCNCCN2CCCC2)c(Cl)c1. The molecule has 1 aliphatic heterocycles. The summed E-state index contributed by atoms with van der Waals surface area (Å²) in [5.41, 5.74) is 1.16. The summed E-state index contributed by atoms with van der Waals surface area (Å²) in [5, 5.41) is 4.94. The number of likely N-dealkylation sites (tertiary alicyclic amines) is 1. The molecule has 2 rings (SSSR count). The Morgan fingerprint density at radius 3 is 2.61 bits per heavy atom. The second-order valence-corrected chi connectivity index (χ2v) is 5.63. The van der Waals surface area contributed by atoms with Gasteiger partial charge in [0.15, 0.2) is 0 Å². The Kier molecular flexibility index (Phi) is 5.77. The predicted molar refractivity (Wildman–Crippen MR) is 78.7 cm³/mol. The van der Waals surface area contributed by atoms with Gasteiger partial charge in [-0.2, -0.15) is 0 Å². The van der Waals surface area contributed by atoms with Gasteiger partial charge in [0.25, 0.3) is 0 Å². The molecule has 1 saturated heterocycles. The van der Waals surface area contributed by atoms with Crippen molar-refractivity contribution in [1.29, 1.82) is 0 Å². The molecular formula is C14H20Cl2N2. The molecule has 1 fully saturated rings. The molecule has 0 spiro atoms. The van der Waals surface area contributed by atoms with Crippen LogP contribution in [0.4, 0.5) is 0 Å². The smallest absolute Gasteiger partial charge is 0.0453 e. The van der Waals surface area contributed by atoms with Gasteiger partial charge < -0.3 is 10.2 Å². The lowest BCUT2D eigenvalue weighted by molar-refractivity contribution is 0.336. The molecule has 1 aromatic rings. The van der Waals surface area contributed by atoms with Crippen LogP contribution in [-0.4, -0.2) is 37.6 Å². The van der Waals surface area contributed by atoms with Crippen LogP contribution in [0, 0.1) is 0 Å². The third kappa shape index (κ3) is 4.43. The van der Waals surface area contributed by atoms with Crippen molar-refractivity contribution in [1.82, 2.24) is 10.2 Å². The Balaban J connectivity index is 1.62. The van der Waals surface area contributed by atoms with Crippen molar-refractivity contribution >= 4 is 23.2 Å². The second kappa shape index (κ2) is 7.34. The molecule has 0 aliphatic carbocycles. The highest BCUT2D eigenvalue weighted by Gasteiger charge is 2.09. The zero-order valence-corrected chi connectivity index (χ0v) is 12.1. The summed E-state index contributed by atoms with van der Waals surface area (Å²) in [7, 11) is 0. The number of rotatable bonds is 6. The lowest BCUT2D eigenvalue weighted by atomic mass is 10.1. The maximum absolute atomic E-state index is 6.13. The molecule has 2 nitrogen and oxygen atoms in total. The Hall–Kier alpha value is -0.280. The molecule has 0 bridgehead atoms. The molecule has 1 heterocycles. The van der Waals surface area contributed by atoms with Crippen molar-refractivity contribution in [2.45, 2.75) is 19.3 Å². The monoisotopic (exact) mass is 286 g/mol. The summed E-state index contributed by atoms with van der Waals surface area (Å²) in [6.45, 7) is 5.73. The van der Waals surface area contributed by atoms with Crippen LogP contribution in [0.5, 0.6) is 0 Å². The number of hydrogen-bond acceptors (Lipinski definition) is 2. The van der Waals surface area contributed by atoms with E-state index in [2.05, 4.69) is 10.2 Å². The minimum absolute atomic E-state index is 0.700. The Morgan fingerprint density at radius 2 is 1.89 bits per heavy atom. The predicted octanol–water partition coefficient (Wildman–Crippen LogP) is 3.22. The van der Waals surface area contributed by atoms with Crippen LogP contribution in [0.15, 0.2) is 18.2 Å². The summed E-state index contributed by atoms with van der Waals surface area (Å²) in [6.07, 6.45) is 3.68. The van der Waals surface area contributed by atoms with Gasteiger partial charge >= 0.3 is 0 Å². The summed E-state index contributed by atoms with van der Waals surface area (Å²) in [4.78, 5) is 2.52. The maximum Gasteiger partial charge on any atom is 0.0453 e. The van der Waals surface area contributed by atoms with E-state index in [1.54, 1.807) is 0 Å². The fraction of sp³-hybridized carbons (Fsp3) is 0.571. The molecule has 0 aromatic heterocycles. The van der Waals surface area contributed by atoms with Crippen LogP contribution in [0.3, 0.4) is 0 Å². The maximum atomic E-state index is 6.13. The standard InChI is InChI=1S/C14H20Cl2N2/c15-13-4-3-12(14(16)11-13)5-6-17-7-10-18-8-1-2-9-18/h3-4,11,17H,1-2,5-10H2. The summed E-state index contributed by atoms with van der Waals surface area (Å²) in [6, 6.07) is 5.71. The van der Waals surface area contributed by atoms with E-state index in [1.807, 2.05) is 18.2 Å². The Bertz CT molecular complexity index is 376. The van der Waals surface area contributed by atoms with E-state index in [0.29, 0.717) is 5.02 Å². The summed E-state index contributed by atoms with van der Waals surface area (Å²) in [5.74, 6) is 0. The molecule has 4 heteroatoms. The minimum Gasteiger partial charge on any atom is -0.315 e. The van der Waals surface area contributed by atoms with E-state index in [4.69, 9.17) is 23.2 Å². The van der Waals surface area contributed by atoms with Crippen LogP contribution < -0.4 is 5.32 Å². The molecule has 0 amide bonds. The first-order valence-corrected chi connectivity index (χ1v) is 7.38. The second-order valence-electron chi connectivity index (χ2n) is 4.78. The van der Waals surface area contributed by atoms with Gasteiger partial charge in [0, 0.05) is 23.1 Å². The fourth-order valence-corrected chi connectivity index (χ4v) is 2.82. The van der Waals surface area contributed by atoms with Crippen molar-refractivity contribution in [3.05, 3.63) is 33.8 Å². The number of halogens is 2. The average Bonchev–Trinajstić information content (AvgIpc) is 2.84. The first-order valence-electron chi connectivity index (χ1n) is 6.63. The van der Waals surface area contributed by atoms with Crippen molar-refractivity contribution in [3.8, 4) is 0 Å². The molecule has 100 valence electrons. The van der Waals surface area contributed by atoms with Gasteiger partial charge in [0.05, 0.1) is 0 Å². The van der Waals surface area contributed by atoms with Gasteiger partial charge in [0.1, 0.15) is 0 Å². The zero-order valence-electron chi connectivity index (χ0n) is 10.6. The first kappa shape index (κ1) is 14.1. The minimum atomic E-state index is 0.700. The van der Waals surface area contributed by atoms with E-state index >= 15 is 0 Å². The molecule has 0 unspecified atom stereocenters. The van der Waals surface area contributed by atoms with Crippen molar-refractivity contribution < 1.29 is 0 Å². The number of nitrogens with one attached hydrogen (secondary N) is 1. The van der Waals surface area contributed by atoms with Gasteiger partial charge in [-0.05, 0) is 56.6 Å². The van der Waals surface area contributed by atoms with Crippen LogP contribution >= 0.6 is 23.2 Å². The van der Waals surface area contributed by atoms with Crippen molar-refractivity contribution in [2.24, 2.45) is 0 Å². The van der Waals surface area contributed by atoms with E-state index in [1.165, 1.54) is 25.9 Å². The Labute approximate surface area is 119 Å². The van der Waals surface area contributed by atoms with Crippen LogP contribution in [0.2, 0.25) is 10.0 Å². The number of nitrogens with zero attached hydrogens (tertiary/aromatic N) is 1. The van der Waals surface area contributed by atoms with E-state index in [0.717, 1.165) is 36.6 Å². The molecule has 18 heavy (non-hydrogen) atoms. The van der Waals surface area contributed by atoms with Gasteiger partial charge in [-0.1, -0.05) is 29.3 Å². The van der Waals surface area contributed by atoms with Crippen LogP contribution in [0.25, 0.3) is 0 Å². The first-order chi connectivity index (χ1) is 8.75. The lowest BCUT2D eigenvalue weighted by Gasteiger charge is -2.14. The molecule has 0 saturated carbocycles. The van der Waals surface area contributed by atoms with Gasteiger partial charge in [-0.25, -0.2) is 0 Å². The highest BCUT2D eigenvalue weighted by Crippen LogP contribution is 2.20. The topological polar surface area (TPSA) is 15.3 Å². The number of hydrogen-bond donors (Lipinski definition) is 1. The Morgan fingerprint density at radius 1 is 1.11 bits per heavy atom. The number of benzene rings is 1. The lowest BCUT2D eigenvalue weighted by Crippen LogP contribution is -2.30. The molecule has 1 N–H and O–H groups in total.